The predicted molar refractivity (Wildman–Crippen MR) is 120 cm³/mol. The van der Waals surface area contributed by atoms with Gasteiger partial charge in [0, 0.05) is 49.8 Å². The third-order valence-corrected chi connectivity index (χ3v) is 6.32. The van der Waals surface area contributed by atoms with Crippen molar-refractivity contribution in [3.8, 4) is 11.4 Å². The van der Waals surface area contributed by atoms with Crippen molar-refractivity contribution in [2.45, 2.75) is 25.3 Å². The maximum Gasteiger partial charge on any atom is 0.253 e. The number of rotatable bonds is 5. The number of imide groups is 1. The summed E-state index contributed by atoms with van der Waals surface area (Å²) in [6.07, 6.45) is 3.97. The van der Waals surface area contributed by atoms with Gasteiger partial charge in [0.05, 0.1) is 11.0 Å². The third kappa shape index (κ3) is 4.04. The molecule has 3 amide bonds. The molecule has 0 saturated carbocycles. The summed E-state index contributed by atoms with van der Waals surface area (Å²) in [6, 6.07) is 14.5. The summed E-state index contributed by atoms with van der Waals surface area (Å²) < 4.78 is 16.2. The lowest BCUT2D eigenvalue weighted by Gasteiger charge is -2.34. The highest BCUT2D eigenvalue weighted by Gasteiger charge is 2.29. The second-order valence-electron chi connectivity index (χ2n) is 8.33. The van der Waals surface area contributed by atoms with Crippen molar-refractivity contribution in [3.05, 3.63) is 66.5 Å². The van der Waals surface area contributed by atoms with Crippen LogP contribution in [0.25, 0.3) is 22.4 Å². The van der Waals surface area contributed by atoms with E-state index in [0.717, 1.165) is 27.3 Å². The molecule has 1 fully saturated rings. The number of carbonyl (C=O) groups is 3. The summed E-state index contributed by atoms with van der Waals surface area (Å²) in [5.41, 5.74) is 2.45. The second-order valence-corrected chi connectivity index (χ2v) is 8.33. The molecular weight excluding hydrogens is 423 g/mol. The number of halogens is 1. The number of likely N-dealkylation sites (tertiary alicyclic amines) is 1. The molecule has 5 rings (SSSR count). The fraction of sp³-hybridized carbons (Fsp3) is 0.280. The van der Waals surface area contributed by atoms with Crippen LogP contribution in [0.2, 0.25) is 0 Å². The molecule has 0 N–H and O–H groups in total. The Morgan fingerprint density at radius 3 is 2.39 bits per heavy atom. The van der Waals surface area contributed by atoms with Gasteiger partial charge in [-0.2, -0.15) is 0 Å². The van der Waals surface area contributed by atoms with E-state index in [4.69, 9.17) is 4.98 Å². The molecule has 3 heterocycles. The number of amides is 3. The fourth-order valence-electron chi connectivity index (χ4n) is 4.62. The Kier molecular flexibility index (Phi) is 5.50. The molecule has 2 aliphatic rings. The van der Waals surface area contributed by atoms with Crippen LogP contribution in [-0.4, -0.2) is 56.7 Å². The minimum Gasteiger partial charge on any atom is -0.342 e. The molecule has 0 radical (unpaired) electrons. The third-order valence-electron chi connectivity index (χ3n) is 6.32. The summed E-state index contributed by atoms with van der Waals surface area (Å²) in [4.78, 5) is 43.7. The summed E-state index contributed by atoms with van der Waals surface area (Å²) in [7, 11) is 0. The molecule has 7 nitrogen and oxygen atoms in total. The highest BCUT2D eigenvalue weighted by molar-refractivity contribution is 6.13. The fourth-order valence-corrected chi connectivity index (χ4v) is 4.62. The van der Waals surface area contributed by atoms with Crippen LogP contribution in [0.5, 0.6) is 0 Å². The first-order valence-electron chi connectivity index (χ1n) is 11.1. The van der Waals surface area contributed by atoms with Gasteiger partial charge in [-0.1, -0.05) is 30.3 Å². The Morgan fingerprint density at radius 1 is 1.00 bits per heavy atom. The lowest BCUT2D eigenvalue weighted by molar-refractivity contribution is -0.138. The Bertz CT molecular complexity index is 1240. The molecular formula is C25H23FN4O3. The summed E-state index contributed by atoms with van der Waals surface area (Å²) >= 11 is 0. The van der Waals surface area contributed by atoms with E-state index in [1.165, 1.54) is 24.3 Å². The number of hydrogen-bond acceptors (Lipinski definition) is 4. The van der Waals surface area contributed by atoms with Crippen molar-refractivity contribution in [3.63, 3.8) is 0 Å². The quantitative estimate of drug-likeness (QED) is 0.564. The van der Waals surface area contributed by atoms with Gasteiger partial charge in [0.15, 0.2) is 0 Å². The van der Waals surface area contributed by atoms with Gasteiger partial charge in [-0.25, -0.2) is 9.37 Å². The first kappa shape index (κ1) is 21.1. The molecule has 33 heavy (non-hydrogen) atoms. The van der Waals surface area contributed by atoms with Gasteiger partial charge in [0.25, 0.3) is 11.8 Å². The molecule has 3 aromatic rings. The molecule has 0 spiro atoms. The topological polar surface area (TPSA) is 75.5 Å². The van der Waals surface area contributed by atoms with Crippen molar-refractivity contribution < 1.29 is 18.8 Å². The first-order valence-corrected chi connectivity index (χ1v) is 11.1. The van der Waals surface area contributed by atoms with Gasteiger partial charge < -0.3 is 9.47 Å². The van der Waals surface area contributed by atoms with Crippen molar-refractivity contribution in [2.24, 2.45) is 0 Å². The largest absolute Gasteiger partial charge is 0.342 e. The number of fused-ring (bicyclic) bond motifs is 1. The Morgan fingerprint density at radius 2 is 1.70 bits per heavy atom. The Balaban J connectivity index is 1.32. The van der Waals surface area contributed by atoms with Crippen LogP contribution in [0.3, 0.4) is 0 Å². The van der Waals surface area contributed by atoms with Crippen LogP contribution in [0.15, 0.2) is 60.7 Å². The number of benzene rings is 2. The van der Waals surface area contributed by atoms with Gasteiger partial charge in [-0.3, -0.25) is 19.3 Å². The van der Waals surface area contributed by atoms with Crippen molar-refractivity contribution in [1.82, 2.24) is 19.4 Å². The van der Waals surface area contributed by atoms with Crippen LogP contribution in [0, 0.1) is 5.82 Å². The maximum atomic E-state index is 14.1. The average Bonchev–Trinajstić information content (AvgIpc) is 3.37. The van der Waals surface area contributed by atoms with E-state index >= 15 is 0 Å². The van der Waals surface area contributed by atoms with Gasteiger partial charge in [-0.15, -0.1) is 0 Å². The van der Waals surface area contributed by atoms with Gasteiger partial charge in [0.1, 0.15) is 11.6 Å². The SMILES string of the molecule is O=C(CCN1C(=O)C=CC1=O)N1CCC(n2c(-c3ccccc3)nc3ccc(F)cc32)CC1. The molecule has 1 aromatic heterocycles. The number of carbonyl (C=O) groups excluding carboxylic acids is 3. The zero-order valence-electron chi connectivity index (χ0n) is 18.0. The summed E-state index contributed by atoms with van der Waals surface area (Å²) in [5.74, 6) is -0.347. The van der Waals surface area contributed by atoms with Gasteiger partial charge in [0.2, 0.25) is 5.91 Å². The lowest BCUT2D eigenvalue weighted by Crippen LogP contribution is -2.41. The monoisotopic (exact) mass is 446 g/mol. The lowest BCUT2D eigenvalue weighted by atomic mass is 10.0. The predicted octanol–water partition coefficient (Wildman–Crippen LogP) is 3.32. The van der Waals surface area contributed by atoms with Crippen LogP contribution in [-0.2, 0) is 14.4 Å². The number of hydrogen-bond donors (Lipinski definition) is 0. The molecule has 1 saturated heterocycles. The van der Waals surface area contributed by atoms with Crippen LogP contribution in [0.1, 0.15) is 25.3 Å². The molecule has 0 aliphatic carbocycles. The first-order chi connectivity index (χ1) is 16.0. The minimum absolute atomic E-state index is 0.0713. The molecule has 2 aromatic carbocycles. The minimum atomic E-state index is -0.376. The smallest absolute Gasteiger partial charge is 0.253 e. The maximum absolute atomic E-state index is 14.1. The Hall–Kier alpha value is -3.81. The van der Waals surface area contributed by atoms with Gasteiger partial charge >= 0.3 is 0 Å². The normalized spacial score (nSPS) is 16.9. The van der Waals surface area contributed by atoms with Crippen LogP contribution in [0.4, 0.5) is 4.39 Å². The standard InChI is InChI=1S/C25H23FN4O3/c26-18-6-7-20-21(16-18)30(25(27-20)17-4-2-1-3-5-17)19-10-13-28(14-11-19)22(31)12-15-29-23(32)8-9-24(29)33/h1-9,16,19H,10-15H2. The summed E-state index contributed by atoms with van der Waals surface area (Å²) in [6.45, 7) is 1.19. The molecule has 0 atom stereocenters. The zero-order valence-corrected chi connectivity index (χ0v) is 18.0. The molecule has 0 unspecified atom stereocenters. The Labute approximate surface area is 190 Å². The van der Waals surface area contributed by atoms with Crippen LogP contribution >= 0.6 is 0 Å². The number of aromatic nitrogens is 2. The number of piperidine rings is 1. The summed E-state index contributed by atoms with van der Waals surface area (Å²) in [5, 5.41) is 0. The van der Waals surface area contributed by atoms with E-state index in [1.807, 2.05) is 30.3 Å². The van der Waals surface area contributed by atoms with Crippen molar-refractivity contribution in [1.29, 1.82) is 0 Å². The van der Waals surface area contributed by atoms with E-state index in [0.29, 0.717) is 25.9 Å². The van der Waals surface area contributed by atoms with Crippen molar-refractivity contribution in [2.75, 3.05) is 19.6 Å². The molecule has 2 aliphatic heterocycles. The number of nitrogens with zero attached hydrogens (tertiary/aromatic N) is 4. The van der Waals surface area contributed by atoms with E-state index in [2.05, 4.69) is 4.57 Å². The average molecular weight is 446 g/mol. The molecule has 0 bridgehead atoms. The van der Waals surface area contributed by atoms with Gasteiger partial charge in [-0.05, 0) is 31.0 Å². The highest BCUT2D eigenvalue weighted by atomic mass is 19.1. The molecule has 168 valence electrons. The van der Waals surface area contributed by atoms with Crippen LogP contribution < -0.4 is 0 Å². The zero-order chi connectivity index (χ0) is 22.9. The van der Waals surface area contributed by atoms with E-state index in [-0.39, 0.29) is 42.5 Å². The van der Waals surface area contributed by atoms with E-state index < -0.39 is 0 Å². The van der Waals surface area contributed by atoms with Crippen molar-refractivity contribution >= 4 is 28.8 Å². The highest BCUT2D eigenvalue weighted by Crippen LogP contribution is 2.33. The number of imidazole rings is 1. The second kappa shape index (κ2) is 8.61. The van der Waals surface area contributed by atoms with E-state index in [9.17, 15) is 18.8 Å². The van der Waals surface area contributed by atoms with E-state index in [1.54, 1.807) is 11.0 Å². The molecule has 8 heteroatoms.